The van der Waals surface area contributed by atoms with Crippen molar-refractivity contribution in [2.45, 2.75) is 49.6 Å². The minimum Gasteiger partial charge on any atom is -0.374 e. The summed E-state index contributed by atoms with van der Waals surface area (Å²) in [7, 11) is -2.36. The predicted molar refractivity (Wildman–Crippen MR) is 104 cm³/mol. The molecule has 0 radical (unpaired) electrons. The standard InChI is InChI=1S/C21H23NO4S/c1-13-7-9-15(10-8-13)27(24,25)22-19-14(2)5-4-6-16(19)17-11-12-18(26-3)21(23)20(17)22/h4-10,17-18,20H,11-12H2,1-3H3. The molecule has 1 aliphatic carbocycles. The van der Waals surface area contributed by atoms with Gasteiger partial charge in [0.15, 0.2) is 5.78 Å². The second-order valence-electron chi connectivity index (χ2n) is 7.38. The Morgan fingerprint density at radius 2 is 1.74 bits per heavy atom. The van der Waals surface area contributed by atoms with Crippen molar-refractivity contribution < 1.29 is 17.9 Å². The summed E-state index contributed by atoms with van der Waals surface area (Å²) in [5.41, 5.74) is 3.44. The van der Waals surface area contributed by atoms with E-state index in [1.54, 1.807) is 24.3 Å². The van der Waals surface area contributed by atoms with Gasteiger partial charge in [0.05, 0.1) is 10.6 Å². The third kappa shape index (κ3) is 2.70. The Labute approximate surface area is 160 Å². The number of rotatable bonds is 3. The van der Waals surface area contributed by atoms with Crippen molar-refractivity contribution in [2.75, 3.05) is 11.4 Å². The van der Waals surface area contributed by atoms with Crippen LogP contribution in [-0.4, -0.2) is 33.5 Å². The summed E-state index contributed by atoms with van der Waals surface area (Å²) in [6.45, 7) is 3.81. The fourth-order valence-electron chi connectivity index (χ4n) is 4.37. The Balaban J connectivity index is 1.91. The number of nitrogens with zero attached hydrogens (tertiary/aromatic N) is 1. The van der Waals surface area contributed by atoms with E-state index in [1.807, 2.05) is 32.0 Å². The van der Waals surface area contributed by atoms with Crippen LogP contribution in [0.2, 0.25) is 0 Å². The van der Waals surface area contributed by atoms with Crippen LogP contribution in [0.1, 0.15) is 35.4 Å². The number of carbonyl (C=O) groups excluding carboxylic acids is 1. The molecular weight excluding hydrogens is 362 g/mol. The van der Waals surface area contributed by atoms with Gasteiger partial charge in [-0.15, -0.1) is 0 Å². The lowest BCUT2D eigenvalue weighted by Gasteiger charge is -2.35. The van der Waals surface area contributed by atoms with Gasteiger partial charge in [0.2, 0.25) is 0 Å². The molecular formula is C21H23NO4S. The van der Waals surface area contributed by atoms with E-state index < -0.39 is 22.2 Å². The molecule has 4 rings (SSSR count). The van der Waals surface area contributed by atoms with Crippen LogP contribution >= 0.6 is 0 Å². The molecule has 142 valence electrons. The van der Waals surface area contributed by atoms with E-state index >= 15 is 0 Å². The van der Waals surface area contributed by atoms with Crippen LogP contribution in [0.15, 0.2) is 47.4 Å². The monoisotopic (exact) mass is 385 g/mol. The van der Waals surface area contributed by atoms with Crippen LogP contribution in [0.5, 0.6) is 0 Å². The van der Waals surface area contributed by atoms with Crippen molar-refractivity contribution in [2.24, 2.45) is 0 Å². The van der Waals surface area contributed by atoms with Crippen molar-refractivity contribution in [3.05, 3.63) is 59.2 Å². The molecule has 0 amide bonds. The first kappa shape index (κ1) is 18.2. The third-order valence-corrected chi connectivity index (χ3v) is 7.53. The van der Waals surface area contributed by atoms with Gasteiger partial charge in [-0.3, -0.25) is 9.10 Å². The molecule has 1 saturated carbocycles. The Kier molecular flexibility index (Phi) is 4.35. The zero-order chi connectivity index (χ0) is 19.3. The lowest BCUT2D eigenvalue weighted by molar-refractivity contribution is -0.132. The molecule has 0 bridgehead atoms. The number of benzene rings is 2. The molecule has 2 aromatic rings. The lowest BCUT2D eigenvalue weighted by Crippen LogP contribution is -2.51. The second-order valence-corrected chi connectivity index (χ2v) is 9.20. The van der Waals surface area contributed by atoms with Crippen LogP contribution in [0.25, 0.3) is 0 Å². The van der Waals surface area contributed by atoms with Gasteiger partial charge < -0.3 is 4.74 Å². The Bertz CT molecular complexity index is 997. The zero-order valence-electron chi connectivity index (χ0n) is 15.7. The van der Waals surface area contributed by atoms with E-state index in [0.29, 0.717) is 12.1 Å². The van der Waals surface area contributed by atoms with Crippen LogP contribution in [0.3, 0.4) is 0 Å². The highest BCUT2D eigenvalue weighted by Crippen LogP contribution is 2.50. The molecule has 1 fully saturated rings. The minimum atomic E-state index is -3.87. The summed E-state index contributed by atoms with van der Waals surface area (Å²) in [5.74, 6) is -0.279. The highest BCUT2D eigenvalue weighted by atomic mass is 32.2. The molecule has 0 saturated heterocycles. The number of carbonyl (C=O) groups is 1. The maximum Gasteiger partial charge on any atom is 0.265 e. The Hall–Kier alpha value is -2.18. The molecule has 0 spiro atoms. The van der Waals surface area contributed by atoms with Gasteiger partial charge >= 0.3 is 0 Å². The van der Waals surface area contributed by atoms with Gasteiger partial charge in [0.25, 0.3) is 10.0 Å². The first-order valence-corrected chi connectivity index (χ1v) is 10.6. The van der Waals surface area contributed by atoms with Crippen LogP contribution in [0.4, 0.5) is 5.69 Å². The molecule has 0 N–H and O–H groups in total. The fraction of sp³-hybridized carbons (Fsp3) is 0.381. The molecule has 2 aromatic carbocycles. The van der Waals surface area contributed by atoms with E-state index in [2.05, 4.69) is 0 Å². The highest BCUT2D eigenvalue weighted by molar-refractivity contribution is 7.93. The molecule has 5 nitrogen and oxygen atoms in total. The minimum absolute atomic E-state index is 0.126. The molecule has 3 atom stereocenters. The van der Waals surface area contributed by atoms with Gasteiger partial charge in [0.1, 0.15) is 12.1 Å². The van der Waals surface area contributed by atoms with Crippen molar-refractivity contribution in [1.82, 2.24) is 0 Å². The number of aryl methyl sites for hydroxylation is 2. The Morgan fingerprint density at radius 3 is 2.41 bits per heavy atom. The summed E-state index contributed by atoms with van der Waals surface area (Å²) in [6.07, 6.45) is 0.782. The van der Waals surface area contributed by atoms with Gasteiger partial charge in [-0.2, -0.15) is 0 Å². The number of Topliss-reactive ketones (excluding diaryl/α,β-unsaturated/α-hetero) is 1. The van der Waals surface area contributed by atoms with Crippen LogP contribution < -0.4 is 4.31 Å². The first-order valence-electron chi connectivity index (χ1n) is 9.13. The fourth-order valence-corrected chi connectivity index (χ4v) is 6.12. The SMILES string of the molecule is COC1CCC2c3cccc(C)c3N(S(=O)(=O)c3ccc(C)cc3)C2C1=O. The topological polar surface area (TPSA) is 63.7 Å². The Morgan fingerprint density at radius 1 is 1.04 bits per heavy atom. The van der Waals surface area contributed by atoms with Gasteiger partial charge in [0, 0.05) is 13.0 Å². The summed E-state index contributed by atoms with van der Waals surface area (Å²) in [5, 5.41) is 0. The molecule has 0 aromatic heterocycles. The molecule has 2 aliphatic rings. The van der Waals surface area contributed by atoms with Crippen molar-refractivity contribution >= 4 is 21.5 Å². The average molecular weight is 385 g/mol. The quantitative estimate of drug-likeness (QED) is 0.813. The maximum absolute atomic E-state index is 13.6. The van der Waals surface area contributed by atoms with Crippen LogP contribution in [-0.2, 0) is 19.6 Å². The molecule has 3 unspecified atom stereocenters. The maximum atomic E-state index is 13.6. The lowest BCUT2D eigenvalue weighted by atomic mass is 9.80. The van der Waals surface area contributed by atoms with Crippen LogP contribution in [0, 0.1) is 13.8 Å². The number of sulfonamides is 1. The number of hydrogen-bond donors (Lipinski definition) is 0. The summed E-state index contributed by atoms with van der Waals surface area (Å²) in [4.78, 5) is 13.3. The van der Waals surface area contributed by atoms with Crippen molar-refractivity contribution in [3.63, 3.8) is 0 Å². The molecule has 1 heterocycles. The smallest absolute Gasteiger partial charge is 0.265 e. The first-order chi connectivity index (χ1) is 12.9. The number of methoxy groups -OCH3 is 1. The second kappa shape index (κ2) is 6.46. The van der Waals surface area contributed by atoms with E-state index in [0.717, 1.165) is 23.1 Å². The molecule has 1 aliphatic heterocycles. The normalized spacial score (nSPS) is 24.6. The van der Waals surface area contributed by atoms with E-state index in [-0.39, 0.29) is 16.6 Å². The third-order valence-electron chi connectivity index (χ3n) is 5.73. The van der Waals surface area contributed by atoms with Gasteiger partial charge in [-0.05, 0) is 49.9 Å². The molecule has 6 heteroatoms. The summed E-state index contributed by atoms with van der Waals surface area (Å²) >= 11 is 0. The van der Waals surface area contributed by atoms with E-state index in [9.17, 15) is 13.2 Å². The molecule has 27 heavy (non-hydrogen) atoms. The summed E-state index contributed by atoms with van der Waals surface area (Å²) < 4.78 is 33.9. The number of anilines is 1. The zero-order valence-corrected chi connectivity index (χ0v) is 16.5. The van der Waals surface area contributed by atoms with E-state index in [1.165, 1.54) is 11.4 Å². The highest BCUT2D eigenvalue weighted by Gasteiger charge is 2.52. The van der Waals surface area contributed by atoms with Gasteiger partial charge in [-0.1, -0.05) is 35.9 Å². The number of hydrogen-bond acceptors (Lipinski definition) is 4. The van der Waals surface area contributed by atoms with E-state index in [4.69, 9.17) is 4.74 Å². The number of ether oxygens (including phenoxy) is 1. The number of para-hydroxylation sites is 1. The average Bonchev–Trinajstić information content (AvgIpc) is 3.00. The predicted octanol–water partition coefficient (Wildman–Crippen LogP) is 3.34. The van der Waals surface area contributed by atoms with Gasteiger partial charge in [-0.25, -0.2) is 8.42 Å². The van der Waals surface area contributed by atoms with Crippen molar-refractivity contribution in [1.29, 1.82) is 0 Å². The summed E-state index contributed by atoms with van der Waals surface area (Å²) in [6, 6.07) is 11.8. The number of fused-ring (bicyclic) bond motifs is 3. The largest absolute Gasteiger partial charge is 0.374 e. The number of ketones is 1. The van der Waals surface area contributed by atoms with Crippen molar-refractivity contribution in [3.8, 4) is 0 Å².